The molecule has 5 heteroatoms. The van der Waals surface area contributed by atoms with Crippen molar-refractivity contribution in [1.82, 2.24) is 0 Å². The molecule has 0 amide bonds. The zero-order valence-corrected chi connectivity index (χ0v) is 16.3. The van der Waals surface area contributed by atoms with Gasteiger partial charge in [-0.2, -0.15) is 13.2 Å². The van der Waals surface area contributed by atoms with E-state index in [9.17, 15) is 18.0 Å². The second-order valence-corrected chi connectivity index (χ2v) is 8.23. The molecular weight excluding hydrogens is 369 g/mol. The van der Waals surface area contributed by atoms with Crippen LogP contribution in [0.2, 0.25) is 0 Å². The Hall–Kier alpha value is -2.14. The van der Waals surface area contributed by atoms with Gasteiger partial charge in [0.1, 0.15) is 0 Å². The maximum Gasteiger partial charge on any atom is 0.416 e. The molecule has 3 rings (SSSR count). The van der Waals surface area contributed by atoms with Gasteiger partial charge in [0.15, 0.2) is 5.78 Å². The number of ketones is 1. The van der Waals surface area contributed by atoms with Crippen LogP contribution in [0.15, 0.2) is 42.5 Å². The van der Waals surface area contributed by atoms with Crippen LogP contribution in [0, 0.1) is 6.92 Å². The minimum atomic E-state index is -4.35. The Labute approximate surface area is 160 Å². The van der Waals surface area contributed by atoms with Crippen molar-refractivity contribution in [3.63, 3.8) is 0 Å². The Morgan fingerprint density at radius 2 is 1.85 bits per heavy atom. The summed E-state index contributed by atoms with van der Waals surface area (Å²) in [4.78, 5) is 13.5. The molecule has 0 bridgehead atoms. The summed E-state index contributed by atoms with van der Waals surface area (Å²) in [6.45, 7) is 6.01. The molecule has 0 saturated heterocycles. The largest absolute Gasteiger partial charge is 0.416 e. The van der Waals surface area contributed by atoms with E-state index >= 15 is 0 Å². The highest BCUT2D eigenvalue weighted by molar-refractivity contribution is 7.19. The van der Waals surface area contributed by atoms with Crippen molar-refractivity contribution in [3.8, 4) is 0 Å². The number of aryl methyl sites for hydroxylation is 2. The first-order valence-electron chi connectivity index (χ1n) is 8.89. The number of fused-ring (bicyclic) bond motifs is 1. The van der Waals surface area contributed by atoms with Gasteiger partial charge in [0.05, 0.1) is 5.56 Å². The van der Waals surface area contributed by atoms with Crippen LogP contribution in [-0.4, -0.2) is 5.78 Å². The van der Waals surface area contributed by atoms with Crippen LogP contribution in [0.5, 0.6) is 0 Å². The van der Waals surface area contributed by atoms with Crippen LogP contribution in [0.4, 0.5) is 13.2 Å². The molecule has 1 aromatic heterocycles. The van der Waals surface area contributed by atoms with Crippen LogP contribution in [0.25, 0.3) is 10.1 Å². The summed E-state index contributed by atoms with van der Waals surface area (Å²) < 4.78 is 39.7. The molecule has 0 radical (unpaired) electrons. The Morgan fingerprint density at radius 3 is 2.48 bits per heavy atom. The van der Waals surface area contributed by atoms with Crippen molar-refractivity contribution in [2.24, 2.45) is 0 Å². The fourth-order valence-corrected chi connectivity index (χ4v) is 4.75. The van der Waals surface area contributed by atoms with E-state index in [1.807, 2.05) is 39.0 Å². The fraction of sp³-hybridized carbons (Fsp3) is 0.318. The minimum absolute atomic E-state index is 0.0573. The molecule has 0 unspecified atom stereocenters. The molecule has 0 aliphatic rings. The lowest BCUT2D eigenvalue weighted by molar-refractivity contribution is -0.137. The molecule has 1 heterocycles. The minimum Gasteiger partial charge on any atom is -0.294 e. The molecule has 142 valence electrons. The SMILES string of the molecule is Cc1cccc(C(=O)CCc2sc3cc(C(F)(F)F)ccc3c2C(C)C)c1. The third-order valence-corrected chi connectivity index (χ3v) is 5.86. The zero-order chi connectivity index (χ0) is 19.8. The van der Waals surface area contributed by atoms with Gasteiger partial charge >= 0.3 is 6.18 Å². The smallest absolute Gasteiger partial charge is 0.294 e. The maximum absolute atomic E-state index is 13.0. The van der Waals surface area contributed by atoms with Gasteiger partial charge in [-0.05, 0) is 48.4 Å². The summed E-state index contributed by atoms with van der Waals surface area (Å²) in [5.41, 5.74) is 2.14. The van der Waals surface area contributed by atoms with E-state index in [1.165, 1.54) is 17.4 Å². The van der Waals surface area contributed by atoms with Crippen LogP contribution in [-0.2, 0) is 12.6 Å². The second-order valence-electron chi connectivity index (χ2n) is 7.09. The van der Waals surface area contributed by atoms with E-state index in [4.69, 9.17) is 0 Å². The number of rotatable bonds is 5. The molecular formula is C22H21F3OS. The summed E-state index contributed by atoms with van der Waals surface area (Å²) in [5, 5.41) is 0.862. The first kappa shape index (κ1) is 19.6. The number of halogens is 3. The number of carbonyl (C=O) groups excluding carboxylic acids is 1. The van der Waals surface area contributed by atoms with Gasteiger partial charge in [0.25, 0.3) is 0 Å². The number of thiophene rings is 1. The highest BCUT2D eigenvalue weighted by Gasteiger charge is 2.31. The number of hydrogen-bond donors (Lipinski definition) is 0. The van der Waals surface area contributed by atoms with Crippen LogP contribution >= 0.6 is 11.3 Å². The van der Waals surface area contributed by atoms with Gasteiger partial charge in [-0.3, -0.25) is 4.79 Å². The average Bonchev–Trinajstić information content (AvgIpc) is 2.96. The summed E-state index contributed by atoms with van der Waals surface area (Å²) in [5.74, 6) is 0.237. The molecule has 0 atom stereocenters. The average molecular weight is 390 g/mol. The van der Waals surface area contributed by atoms with Gasteiger partial charge in [-0.15, -0.1) is 11.3 Å². The zero-order valence-electron chi connectivity index (χ0n) is 15.5. The molecule has 0 saturated carbocycles. The number of hydrogen-bond acceptors (Lipinski definition) is 2. The Balaban J connectivity index is 1.91. The lowest BCUT2D eigenvalue weighted by Crippen LogP contribution is -2.04. The van der Waals surface area contributed by atoms with E-state index in [2.05, 4.69) is 0 Å². The number of alkyl halides is 3. The monoisotopic (exact) mass is 390 g/mol. The molecule has 0 fully saturated rings. The second kappa shape index (κ2) is 7.47. The van der Waals surface area contributed by atoms with E-state index in [-0.39, 0.29) is 11.7 Å². The Morgan fingerprint density at radius 1 is 1.11 bits per heavy atom. The highest BCUT2D eigenvalue weighted by atomic mass is 32.1. The van der Waals surface area contributed by atoms with E-state index in [0.29, 0.717) is 23.1 Å². The summed E-state index contributed by atoms with van der Waals surface area (Å²) >= 11 is 1.37. The quantitative estimate of drug-likeness (QED) is 0.422. The van der Waals surface area contributed by atoms with Gasteiger partial charge in [0.2, 0.25) is 0 Å². The number of carbonyl (C=O) groups is 1. The standard InChI is InChI=1S/C22H21F3OS/c1-13(2)21-17-8-7-16(22(23,24)25)12-20(17)27-19(21)10-9-18(26)15-6-4-5-14(3)11-15/h4-8,11-13H,9-10H2,1-3H3. The van der Waals surface area contributed by atoms with Crippen LogP contribution in [0.1, 0.15) is 58.1 Å². The maximum atomic E-state index is 13.0. The molecule has 3 aromatic rings. The van der Waals surface area contributed by atoms with Gasteiger partial charge < -0.3 is 0 Å². The fourth-order valence-electron chi connectivity index (χ4n) is 3.35. The Kier molecular flexibility index (Phi) is 5.43. The lowest BCUT2D eigenvalue weighted by atomic mass is 9.96. The van der Waals surface area contributed by atoms with Crippen molar-refractivity contribution in [2.75, 3.05) is 0 Å². The van der Waals surface area contributed by atoms with Crippen LogP contribution < -0.4 is 0 Å². The lowest BCUT2D eigenvalue weighted by Gasteiger charge is -2.09. The van der Waals surface area contributed by atoms with Crippen molar-refractivity contribution in [2.45, 2.75) is 45.7 Å². The van der Waals surface area contributed by atoms with E-state index in [0.717, 1.165) is 27.5 Å². The molecule has 0 aliphatic carbocycles. The van der Waals surface area contributed by atoms with Gasteiger partial charge in [0, 0.05) is 21.6 Å². The molecule has 2 aromatic carbocycles. The summed E-state index contributed by atoms with van der Waals surface area (Å²) in [7, 11) is 0. The molecule has 27 heavy (non-hydrogen) atoms. The number of Topliss-reactive ketones (excluding diaryl/α,β-unsaturated/α-hetero) is 1. The predicted molar refractivity (Wildman–Crippen MR) is 105 cm³/mol. The normalized spacial score (nSPS) is 12.1. The molecule has 0 N–H and O–H groups in total. The Bertz CT molecular complexity index is 983. The molecule has 1 nitrogen and oxygen atoms in total. The van der Waals surface area contributed by atoms with E-state index in [1.54, 1.807) is 12.1 Å². The topological polar surface area (TPSA) is 17.1 Å². The van der Waals surface area contributed by atoms with Gasteiger partial charge in [-0.25, -0.2) is 0 Å². The highest BCUT2D eigenvalue weighted by Crippen LogP contribution is 2.40. The third kappa shape index (κ3) is 4.24. The van der Waals surface area contributed by atoms with Crippen molar-refractivity contribution >= 4 is 27.2 Å². The number of benzene rings is 2. The molecule has 0 spiro atoms. The van der Waals surface area contributed by atoms with Gasteiger partial charge in [-0.1, -0.05) is 43.7 Å². The van der Waals surface area contributed by atoms with Crippen molar-refractivity contribution in [1.29, 1.82) is 0 Å². The molecule has 0 aliphatic heterocycles. The van der Waals surface area contributed by atoms with Crippen LogP contribution in [0.3, 0.4) is 0 Å². The first-order chi connectivity index (χ1) is 12.7. The predicted octanol–water partition coefficient (Wildman–Crippen LogP) is 7.17. The summed E-state index contributed by atoms with van der Waals surface area (Å²) in [6.07, 6.45) is -3.46. The van der Waals surface area contributed by atoms with Crippen molar-refractivity contribution in [3.05, 3.63) is 69.6 Å². The van der Waals surface area contributed by atoms with E-state index < -0.39 is 11.7 Å². The third-order valence-electron chi connectivity index (χ3n) is 4.63. The van der Waals surface area contributed by atoms with Crippen molar-refractivity contribution < 1.29 is 18.0 Å². The first-order valence-corrected chi connectivity index (χ1v) is 9.71. The summed E-state index contributed by atoms with van der Waals surface area (Å²) in [6, 6.07) is 11.4.